The van der Waals surface area contributed by atoms with Crippen LogP contribution in [0.4, 0.5) is 5.69 Å². The summed E-state index contributed by atoms with van der Waals surface area (Å²) in [5.41, 5.74) is 1.27. The van der Waals surface area contributed by atoms with Crippen molar-refractivity contribution >= 4 is 24.9 Å². The standard InChI is InChI=1S/C33H39N5O6Si/c1-21-30(45(4,5)25-11-9-24(42-2)10-12-25)28(14-17-37-20-22(15-18-39)35-36-37)44-33(21)26-19-23(8-13-27(26)34-32(33)41)38-16-6-7-29(43-3)31(38)40/h6-13,16,19-21,28,30,39H,14-15,17-18H2,1-5H3,(H,34,41)/t21-,28+,30-,33+/m1/s1. The van der Waals surface area contributed by atoms with Gasteiger partial charge in [0.1, 0.15) is 5.75 Å². The van der Waals surface area contributed by atoms with Crippen LogP contribution in [0.1, 0.15) is 24.6 Å². The van der Waals surface area contributed by atoms with Gasteiger partial charge >= 0.3 is 0 Å². The fourth-order valence-corrected chi connectivity index (χ4v) is 11.4. The number of amides is 1. The third-order valence-corrected chi connectivity index (χ3v) is 13.9. The van der Waals surface area contributed by atoms with Gasteiger partial charge in [0, 0.05) is 54.8 Å². The van der Waals surface area contributed by atoms with E-state index in [1.54, 1.807) is 30.1 Å². The fraction of sp³-hybridized carbons (Fsp3) is 0.394. The van der Waals surface area contributed by atoms with Crippen LogP contribution >= 0.6 is 0 Å². The van der Waals surface area contributed by atoms with E-state index in [1.807, 2.05) is 36.5 Å². The fourth-order valence-electron chi connectivity index (χ4n) is 7.31. The van der Waals surface area contributed by atoms with E-state index in [1.165, 1.54) is 16.9 Å². The Morgan fingerprint density at radius 3 is 2.58 bits per heavy atom. The summed E-state index contributed by atoms with van der Waals surface area (Å²) >= 11 is 0. The van der Waals surface area contributed by atoms with E-state index >= 15 is 0 Å². The van der Waals surface area contributed by atoms with E-state index in [9.17, 15) is 14.7 Å². The summed E-state index contributed by atoms with van der Waals surface area (Å²) in [6.07, 6.45) is 4.32. The van der Waals surface area contributed by atoms with Crippen molar-refractivity contribution in [3.63, 3.8) is 0 Å². The lowest BCUT2D eigenvalue weighted by Crippen LogP contribution is -2.51. The summed E-state index contributed by atoms with van der Waals surface area (Å²) in [7, 11) is 0.818. The average molecular weight is 630 g/mol. The predicted octanol–water partition coefficient (Wildman–Crippen LogP) is 3.24. The number of carbonyl (C=O) groups excluding carboxylic acids is 1. The first-order chi connectivity index (χ1) is 21.6. The molecule has 11 nitrogen and oxygen atoms in total. The Kier molecular flexibility index (Phi) is 8.14. The molecule has 0 unspecified atom stereocenters. The van der Waals surface area contributed by atoms with Crippen LogP contribution in [0.2, 0.25) is 18.6 Å². The maximum Gasteiger partial charge on any atom is 0.297 e. The van der Waals surface area contributed by atoms with Gasteiger partial charge in [0.25, 0.3) is 11.5 Å². The first-order valence-corrected chi connectivity index (χ1v) is 18.3. The monoisotopic (exact) mass is 629 g/mol. The molecule has 45 heavy (non-hydrogen) atoms. The number of aryl methyl sites for hydroxylation is 1. The summed E-state index contributed by atoms with van der Waals surface area (Å²) in [6.45, 7) is 7.34. The van der Waals surface area contributed by atoms with E-state index in [0.717, 1.165) is 17.0 Å². The van der Waals surface area contributed by atoms with Crippen molar-refractivity contribution in [1.29, 1.82) is 0 Å². The number of anilines is 1. The van der Waals surface area contributed by atoms with Crippen LogP contribution in [0.25, 0.3) is 5.69 Å². The van der Waals surface area contributed by atoms with Crippen molar-refractivity contribution in [1.82, 2.24) is 19.6 Å². The molecule has 4 atom stereocenters. The highest BCUT2D eigenvalue weighted by Crippen LogP contribution is 2.58. The number of methoxy groups -OCH3 is 2. The van der Waals surface area contributed by atoms with Crippen LogP contribution in [0.5, 0.6) is 11.5 Å². The lowest BCUT2D eigenvalue weighted by atomic mass is 9.82. The Labute approximate surface area is 262 Å². The topological polar surface area (TPSA) is 130 Å². The summed E-state index contributed by atoms with van der Waals surface area (Å²) < 4.78 is 21.1. The number of ether oxygens (including phenoxy) is 3. The molecular formula is C33H39N5O6Si. The van der Waals surface area contributed by atoms with E-state index in [4.69, 9.17) is 14.2 Å². The number of nitrogens with one attached hydrogen (secondary N) is 1. The third kappa shape index (κ3) is 5.16. The molecule has 0 radical (unpaired) electrons. The van der Waals surface area contributed by atoms with Crippen molar-refractivity contribution in [2.75, 3.05) is 26.1 Å². The van der Waals surface area contributed by atoms with Gasteiger partial charge in [-0.25, -0.2) is 0 Å². The summed E-state index contributed by atoms with van der Waals surface area (Å²) in [6, 6.07) is 17.2. The van der Waals surface area contributed by atoms with Gasteiger partial charge in [-0.05, 0) is 54.4 Å². The molecule has 1 amide bonds. The average Bonchev–Trinajstić information content (AvgIpc) is 3.70. The Bertz CT molecular complexity index is 1770. The van der Waals surface area contributed by atoms with Crippen LogP contribution < -0.4 is 25.5 Å². The summed E-state index contributed by atoms with van der Waals surface area (Å²) in [5, 5.41) is 22.1. The second kappa shape index (κ2) is 11.9. The smallest absolute Gasteiger partial charge is 0.297 e. The number of carbonyl (C=O) groups is 1. The van der Waals surface area contributed by atoms with Gasteiger partial charge in [-0.3, -0.25) is 18.8 Å². The minimum absolute atomic E-state index is 0.00653. The van der Waals surface area contributed by atoms with Gasteiger partial charge in [-0.1, -0.05) is 42.6 Å². The molecule has 4 heterocycles. The number of nitrogens with zero attached hydrogens (tertiary/aromatic N) is 4. The highest BCUT2D eigenvalue weighted by Gasteiger charge is 2.64. The summed E-state index contributed by atoms with van der Waals surface area (Å²) in [4.78, 5) is 27.2. The quantitative estimate of drug-likeness (QED) is 0.256. The first kappa shape index (κ1) is 30.7. The molecule has 2 aromatic carbocycles. The molecule has 0 saturated carbocycles. The predicted molar refractivity (Wildman–Crippen MR) is 172 cm³/mol. The molecule has 12 heteroatoms. The Balaban J connectivity index is 1.42. The molecule has 6 rings (SSSR count). The maximum absolute atomic E-state index is 14.1. The Morgan fingerprint density at radius 2 is 1.87 bits per heavy atom. The lowest BCUT2D eigenvalue weighted by molar-refractivity contribution is -0.143. The van der Waals surface area contributed by atoms with Gasteiger partial charge in [0.15, 0.2) is 11.4 Å². The third-order valence-electron chi connectivity index (χ3n) is 9.58. The van der Waals surface area contributed by atoms with Gasteiger partial charge in [0.2, 0.25) is 0 Å². The Hall–Kier alpha value is -4.26. The highest BCUT2D eigenvalue weighted by molar-refractivity contribution is 6.91. The van der Waals surface area contributed by atoms with E-state index in [0.29, 0.717) is 30.8 Å². The minimum atomic E-state index is -2.31. The molecule has 2 aliphatic heterocycles. The first-order valence-electron chi connectivity index (χ1n) is 15.2. The second-order valence-electron chi connectivity index (χ2n) is 12.3. The molecule has 1 spiro atoms. The highest BCUT2D eigenvalue weighted by atomic mass is 28.3. The van der Waals surface area contributed by atoms with Crippen LogP contribution in [0.3, 0.4) is 0 Å². The van der Waals surface area contributed by atoms with Crippen molar-refractivity contribution in [3.05, 3.63) is 88.6 Å². The number of hydrogen-bond donors (Lipinski definition) is 2. The van der Waals surface area contributed by atoms with Gasteiger partial charge in [0.05, 0.1) is 34.1 Å². The van der Waals surface area contributed by atoms with Crippen LogP contribution in [0.15, 0.2) is 71.8 Å². The number of rotatable bonds is 10. The van der Waals surface area contributed by atoms with E-state index in [-0.39, 0.29) is 41.4 Å². The number of aliphatic hydroxyl groups is 1. The molecule has 1 saturated heterocycles. The zero-order valence-electron chi connectivity index (χ0n) is 26.2. The lowest BCUT2D eigenvalue weighted by Gasteiger charge is -2.37. The largest absolute Gasteiger partial charge is 0.497 e. The molecule has 2 aromatic heterocycles. The number of benzene rings is 2. The SMILES string of the molecule is COc1ccc([Si](C)(C)[C@H]2[C@H](CCn3cc(CCO)nn3)O[C@@]3(C(=O)Nc4ccc(-n5cccc(OC)c5=O)cc43)[C@@H]2C)cc1. The van der Waals surface area contributed by atoms with Crippen LogP contribution in [0, 0.1) is 5.92 Å². The van der Waals surface area contributed by atoms with Gasteiger partial charge < -0.3 is 24.6 Å². The van der Waals surface area contributed by atoms with E-state index < -0.39 is 13.7 Å². The Morgan fingerprint density at radius 1 is 1.09 bits per heavy atom. The normalized spacial score (nSPS) is 22.4. The number of pyridine rings is 1. The summed E-state index contributed by atoms with van der Waals surface area (Å²) in [5.74, 6) is 0.639. The number of aromatic nitrogens is 4. The maximum atomic E-state index is 14.1. The molecular weight excluding hydrogens is 590 g/mol. The second-order valence-corrected chi connectivity index (χ2v) is 17.0. The van der Waals surface area contributed by atoms with Crippen molar-refractivity contribution in [3.8, 4) is 17.2 Å². The molecule has 0 aliphatic carbocycles. The van der Waals surface area contributed by atoms with E-state index in [2.05, 4.69) is 47.8 Å². The molecule has 0 bridgehead atoms. The molecule has 2 N–H and O–H groups in total. The van der Waals surface area contributed by atoms with Crippen LogP contribution in [-0.2, 0) is 28.1 Å². The van der Waals surface area contributed by atoms with Crippen molar-refractivity contribution < 1.29 is 24.1 Å². The number of fused-ring (bicyclic) bond motifs is 2. The molecule has 1 fully saturated rings. The number of aliphatic hydroxyl groups excluding tert-OH is 1. The van der Waals surface area contributed by atoms with Gasteiger partial charge in [-0.2, -0.15) is 0 Å². The zero-order chi connectivity index (χ0) is 31.9. The minimum Gasteiger partial charge on any atom is -0.497 e. The number of hydrogen-bond acceptors (Lipinski definition) is 8. The van der Waals surface area contributed by atoms with Crippen molar-refractivity contribution in [2.24, 2.45) is 5.92 Å². The molecule has 236 valence electrons. The van der Waals surface area contributed by atoms with Gasteiger partial charge in [-0.15, -0.1) is 5.10 Å². The molecule has 4 aromatic rings. The van der Waals surface area contributed by atoms with Crippen LogP contribution in [-0.4, -0.2) is 65.6 Å². The molecule has 2 aliphatic rings. The zero-order valence-corrected chi connectivity index (χ0v) is 27.2. The van der Waals surface area contributed by atoms with Crippen molar-refractivity contribution in [2.45, 2.75) is 56.7 Å².